The molecule has 0 aromatic carbocycles. The Morgan fingerprint density at radius 2 is 2.35 bits per heavy atom. The van der Waals surface area contributed by atoms with E-state index in [0.29, 0.717) is 16.4 Å². The summed E-state index contributed by atoms with van der Waals surface area (Å²) in [6, 6.07) is 3.58. The van der Waals surface area contributed by atoms with Crippen LogP contribution in [0.5, 0.6) is 0 Å². The van der Waals surface area contributed by atoms with E-state index in [1.165, 1.54) is 27.8 Å². The van der Waals surface area contributed by atoms with E-state index < -0.39 is 6.10 Å². The van der Waals surface area contributed by atoms with E-state index in [4.69, 9.17) is 0 Å². The van der Waals surface area contributed by atoms with Crippen molar-refractivity contribution in [2.24, 2.45) is 0 Å². The largest absolute Gasteiger partial charge is 0.388 e. The van der Waals surface area contributed by atoms with E-state index in [1.807, 2.05) is 4.90 Å². The maximum atomic E-state index is 11.2. The Morgan fingerprint density at radius 1 is 1.55 bits per heavy atom. The van der Waals surface area contributed by atoms with Crippen LogP contribution in [0.4, 0.5) is 10.7 Å². The average Bonchev–Trinajstić information content (AvgIpc) is 3.04. The van der Waals surface area contributed by atoms with Gasteiger partial charge in [-0.25, -0.2) is 0 Å². The summed E-state index contributed by atoms with van der Waals surface area (Å²) in [5.74, 6) is 0. The Labute approximate surface area is 124 Å². The molecular formula is C13H14N2O3S2. The number of anilines is 1. The molecule has 2 aromatic heterocycles. The maximum absolute atomic E-state index is 11.2. The molecule has 0 spiro atoms. The number of rotatable bonds is 3. The molecule has 0 unspecified atom stereocenters. The summed E-state index contributed by atoms with van der Waals surface area (Å²) < 4.78 is 0. The molecule has 1 aliphatic heterocycles. The molecule has 0 aliphatic carbocycles. The molecule has 106 valence electrons. The Bertz CT molecular complexity index is 648. The standard InChI is InChI=1S/C13H14N2O3S2/c1-8(16)12-6-10(15(17)18)13(20-12)14-4-2-11-9(7-14)3-5-19-11/h3,5-6,8,16H,2,4,7H2,1H3/t8-/m0/s1. The topological polar surface area (TPSA) is 66.6 Å². The molecule has 0 amide bonds. The van der Waals surface area contributed by atoms with E-state index in [0.717, 1.165) is 13.0 Å². The highest BCUT2D eigenvalue weighted by molar-refractivity contribution is 7.16. The molecule has 7 heteroatoms. The van der Waals surface area contributed by atoms with E-state index in [9.17, 15) is 15.2 Å². The van der Waals surface area contributed by atoms with Crippen molar-refractivity contribution in [3.05, 3.63) is 42.9 Å². The van der Waals surface area contributed by atoms with Crippen molar-refractivity contribution in [3.8, 4) is 0 Å². The monoisotopic (exact) mass is 310 g/mol. The molecule has 1 N–H and O–H groups in total. The lowest BCUT2D eigenvalue weighted by Gasteiger charge is -2.27. The molecule has 1 aliphatic rings. The van der Waals surface area contributed by atoms with Gasteiger partial charge in [0.05, 0.1) is 11.0 Å². The van der Waals surface area contributed by atoms with Crippen LogP contribution >= 0.6 is 22.7 Å². The lowest BCUT2D eigenvalue weighted by atomic mass is 10.1. The number of nitro groups is 1. The molecule has 2 aromatic rings. The van der Waals surface area contributed by atoms with E-state index in [2.05, 4.69) is 11.4 Å². The SMILES string of the molecule is C[C@H](O)c1cc([N+](=O)[O-])c(N2CCc3sccc3C2)s1. The molecular weight excluding hydrogens is 296 g/mol. The van der Waals surface area contributed by atoms with Gasteiger partial charge in [0, 0.05) is 28.9 Å². The molecule has 0 saturated carbocycles. The molecule has 3 rings (SSSR count). The van der Waals surface area contributed by atoms with Crippen LogP contribution in [0.25, 0.3) is 0 Å². The predicted molar refractivity (Wildman–Crippen MR) is 80.7 cm³/mol. The van der Waals surface area contributed by atoms with Crippen molar-refractivity contribution in [1.29, 1.82) is 0 Å². The number of nitrogens with zero attached hydrogens (tertiary/aromatic N) is 2. The minimum atomic E-state index is -0.672. The lowest BCUT2D eigenvalue weighted by molar-refractivity contribution is -0.383. The number of thiophene rings is 2. The number of aliphatic hydroxyl groups excluding tert-OH is 1. The molecule has 0 radical (unpaired) electrons. The summed E-state index contributed by atoms with van der Waals surface area (Å²) in [5, 5.41) is 23.6. The second kappa shape index (κ2) is 5.16. The summed E-state index contributed by atoms with van der Waals surface area (Å²) in [7, 11) is 0. The first-order valence-electron chi connectivity index (χ1n) is 6.32. The van der Waals surface area contributed by atoms with Gasteiger partial charge in [0.15, 0.2) is 5.00 Å². The van der Waals surface area contributed by atoms with Crippen LogP contribution in [0.3, 0.4) is 0 Å². The highest BCUT2D eigenvalue weighted by Crippen LogP contribution is 2.42. The van der Waals surface area contributed by atoms with Gasteiger partial charge < -0.3 is 10.0 Å². The number of fused-ring (bicyclic) bond motifs is 1. The number of aliphatic hydroxyl groups is 1. The highest BCUT2D eigenvalue weighted by atomic mass is 32.1. The fourth-order valence-electron chi connectivity index (χ4n) is 2.37. The second-order valence-electron chi connectivity index (χ2n) is 4.81. The summed E-state index contributed by atoms with van der Waals surface area (Å²) in [6.07, 6.45) is 0.250. The minimum Gasteiger partial charge on any atom is -0.388 e. The van der Waals surface area contributed by atoms with Crippen molar-refractivity contribution in [1.82, 2.24) is 0 Å². The smallest absolute Gasteiger partial charge is 0.304 e. The normalized spacial score (nSPS) is 16.0. The van der Waals surface area contributed by atoms with Gasteiger partial charge in [0.1, 0.15) is 0 Å². The second-order valence-corrected chi connectivity index (χ2v) is 6.88. The third-order valence-electron chi connectivity index (χ3n) is 3.42. The summed E-state index contributed by atoms with van der Waals surface area (Å²) in [5.41, 5.74) is 1.35. The summed E-state index contributed by atoms with van der Waals surface area (Å²) in [4.78, 5) is 14.9. The Balaban J connectivity index is 1.96. The number of hydrogen-bond acceptors (Lipinski definition) is 6. The quantitative estimate of drug-likeness (QED) is 0.697. The molecule has 0 bridgehead atoms. The fourth-order valence-corrected chi connectivity index (χ4v) is 4.35. The van der Waals surface area contributed by atoms with Gasteiger partial charge in [-0.2, -0.15) is 0 Å². The van der Waals surface area contributed by atoms with Crippen LogP contribution in [-0.4, -0.2) is 16.6 Å². The molecule has 1 atom stereocenters. The third-order valence-corrected chi connectivity index (χ3v) is 5.79. The minimum absolute atomic E-state index is 0.101. The molecule has 5 nitrogen and oxygen atoms in total. The molecule has 0 fully saturated rings. The van der Waals surface area contributed by atoms with Crippen LogP contribution in [0.1, 0.15) is 28.3 Å². The van der Waals surface area contributed by atoms with Crippen molar-refractivity contribution < 1.29 is 10.0 Å². The van der Waals surface area contributed by atoms with Crippen molar-refractivity contribution in [3.63, 3.8) is 0 Å². The average molecular weight is 310 g/mol. The van der Waals surface area contributed by atoms with E-state index in [1.54, 1.807) is 18.3 Å². The zero-order valence-corrected chi connectivity index (χ0v) is 12.5. The van der Waals surface area contributed by atoms with Crippen LogP contribution < -0.4 is 4.90 Å². The van der Waals surface area contributed by atoms with Crippen LogP contribution in [0, 0.1) is 10.1 Å². The summed E-state index contributed by atoms with van der Waals surface area (Å²) >= 11 is 3.06. The zero-order valence-electron chi connectivity index (χ0n) is 10.9. The zero-order chi connectivity index (χ0) is 14.3. The third kappa shape index (κ3) is 2.32. The highest BCUT2D eigenvalue weighted by Gasteiger charge is 2.28. The van der Waals surface area contributed by atoms with Crippen LogP contribution in [-0.2, 0) is 13.0 Å². The van der Waals surface area contributed by atoms with Gasteiger partial charge in [-0.1, -0.05) is 0 Å². The van der Waals surface area contributed by atoms with Crippen molar-refractivity contribution >= 4 is 33.4 Å². The predicted octanol–water partition coefficient (Wildman–Crippen LogP) is 3.33. The van der Waals surface area contributed by atoms with E-state index >= 15 is 0 Å². The Hall–Kier alpha value is -1.44. The van der Waals surface area contributed by atoms with Gasteiger partial charge in [-0.3, -0.25) is 10.1 Å². The molecule has 0 saturated heterocycles. The van der Waals surface area contributed by atoms with E-state index in [-0.39, 0.29) is 10.6 Å². The summed E-state index contributed by atoms with van der Waals surface area (Å²) in [6.45, 7) is 3.13. The van der Waals surface area contributed by atoms with Crippen molar-refractivity contribution in [2.75, 3.05) is 11.4 Å². The van der Waals surface area contributed by atoms with Gasteiger partial charge in [-0.05, 0) is 30.4 Å². The first kappa shape index (κ1) is 13.5. The molecule has 3 heterocycles. The van der Waals surface area contributed by atoms with Crippen LogP contribution in [0.2, 0.25) is 0 Å². The first-order valence-corrected chi connectivity index (χ1v) is 8.02. The van der Waals surface area contributed by atoms with Gasteiger partial charge in [0.2, 0.25) is 0 Å². The van der Waals surface area contributed by atoms with Gasteiger partial charge in [0.25, 0.3) is 0 Å². The van der Waals surface area contributed by atoms with Crippen LogP contribution in [0.15, 0.2) is 17.5 Å². The Kier molecular flexibility index (Phi) is 3.49. The fraction of sp³-hybridized carbons (Fsp3) is 0.385. The lowest BCUT2D eigenvalue weighted by Crippen LogP contribution is -2.29. The molecule has 20 heavy (non-hydrogen) atoms. The Morgan fingerprint density at radius 3 is 3.05 bits per heavy atom. The van der Waals surface area contributed by atoms with Gasteiger partial charge in [-0.15, -0.1) is 22.7 Å². The number of hydrogen-bond donors (Lipinski definition) is 1. The van der Waals surface area contributed by atoms with Gasteiger partial charge >= 0.3 is 5.69 Å². The van der Waals surface area contributed by atoms with Crippen molar-refractivity contribution in [2.45, 2.75) is 26.0 Å². The maximum Gasteiger partial charge on any atom is 0.304 e. The first-order chi connectivity index (χ1) is 9.56.